The number of amides is 2. The number of anilines is 2. The Kier molecular flexibility index (Phi) is 7.40. The highest BCUT2D eigenvalue weighted by Crippen LogP contribution is 2.25. The Bertz CT molecular complexity index is 1490. The summed E-state index contributed by atoms with van der Waals surface area (Å²) in [5.41, 5.74) is 1.74. The molecular weight excluding hydrogens is 520 g/mol. The van der Waals surface area contributed by atoms with Crippen LogP contribution in [0.2, 0.25) is 5.02 Å². The van der Waals surface area contributed by atoms with E-state index in [2.05, 4.69) is 20.7 Å². The maximum atomic E-state index is 14.9. The van der Waals surface area contributed by atoms with Crippen molar-refractivity contribution in [2.24, 2.45) is 0 Å². The van der Waals surface area contributed by atoms with Gasteiger partial charge in [-0.15, -0.1) is 0 Å². The van der Waals surface area contributed by atoms with Crippen LogP contribution in [0.3, 0.4) is 0 Å². The number of nitrogens with zero attached hydrogens (tertiary/aromatic N) is 3. The summed E-state index contributed by atoms with van der Waals surface area (Å²) in [6.45, 7) is 0.847. The zero-order valence-electron chi connectivity index (χ0n) is 19.7. The van der Waals surface area contributed by atoms with E-state index < -0.39 is 23.7 Å². The molecule has 0 saturated carbocycles. The van der Waals surface area contributed by atoms with Crippen molar-refractivity contribution in [2.45, 2.75) is 6.10 Å². The molecule has 194 valence electrons. The third kappa shape index (κ3) is 5.70. The van der Waals surface area contributed by atoms with E-state index in [9.17, 15) is 18.4 Å². The minimum atomic E-state index is -0.790. The number of halogens is 3. The topological polar surface area (TPSA) is 107 Å². The van der Waals surface area contributed by atoms with Crippen molar-refractivity contribution in [3.05, 3.63) is 89.2 Å². The van der Waals surface area contributed by atoms with Crippen molar-refractivity contribution in [3.8, 4) is 16.9 Å². The molecule has 0 bridgehead atoms. The molecule has 0 aliphatic carbocycles. The Morgan fingerprint density at radius 2 is 1.84 bits per heavy atom. The van der Waals surface area contributed by atoms with Gasteiger partial charge in [-0.05, 0) is 54.6 Å². The van der Waals surface area contributed by atoms with Gasteiger partial charge in [-0.25, -0.2) is 18.4 Å². The summed E-state index contributed by atoms with van der Waals surface area (Å²) in [6.07, 6.45) is 2.24. The van der Waals surface area contributed by atoms with Crippen molar-refractivity contribution in [2.75, 3.05) is 30.5 Å². The van der Waals surface area contributed by atoms with E-state index in [1.54, 1.807) is 24.4 Å². The number of pyridine rings is 1. The highest BCUT2D eigenvalue weighted by Gasteiger charge is 2.23. The fraction of sp³-hybridized carbons (Fsp3) is 0.154. The van der Waals surface area contributed by atoms with Gasteiger partial charge in [-0.3, -0.25) is 9.59 Å². The summed E-state index contributed by atoms with van der Waals surface area (Å²) >= 11 is 6.19. The minimum Gasteiger partial charge on any atom is -0.376 e. The van der Waals surface area contributed by atoms with Crippen LogP contribution in [0, 0.1) is 11.6 Å². The first-order chi connectivity index (χ1) is 18.4. The number of ether oxygens (including phenoxy) is 2. The zero-order valence-corrected chi connectivity index (χ0v) is 20.4. The Labute approximate surface area is 220 Å². The van der Waals surface area contributed by atoms with Crippen LogP contribution >= 0.6 is 11.6 Å². The first-order valence-electron chi connectivity index (χ1n) is 11.5. The second-order valence-electron chi connectivity index (χ2n) is 8.25. The number of rotatable bonds is 6. The molecule has 1 atom stereocenters. The summed E-state index contributed by atoms with van der Waals surface area (Å²) in [4.78, 5) is 29.3. The fourth-order valence-corrected chi connectivity index (χ4v) is 3.90. The second-order valence-corrected chi connectivity index (χ2v) is 8.66. The molecule has 3 heterocycles. The summed E-state index contributed by atoms with van der Waals surface area (Å²) in [6, 6.07) is 12.9. The Hall–Kier alpha value is -4.19. The fourth-order valence-electron chi connectivity index (χ4n) is 3.70. The Morgan fingerprint density at radius 1 is 1.03 bits per heavy atom. The van der Waals surface area contributed by atoms with E-state index in [0.717, 1.165) is 0 Å². The molecule has 1 saturated heterocycles. The molecule has 2 aromatic carbocycles. The van der Waals surface area contributed by atoms with Crippen molar-refractivity contribution < 1.29 is 27.8 Å². The lowest BCUT2D eigenvalue weighted by atomic mass is 10.1. The molecule has 0 spiro atoms. The number of aromatic nitrogens is 3. The van der Waals surface area contributed by atoms with Crippen LogP contribution in [-0.4, -0.2) is 52.5 Å². The van der Waals surface area contributed by atoms with Crippen molar-refractivity contribution in [1.82, 2.24) is 14.8 Å². The third-order valence-electron chi connectivity index (χ3n) is 5.64. The van der Waals surface area contributed by atoms with E-state index in [1.807, 2.05) is 0 Å². The summed E-state index contributed by atoms with van der Waals surface area (Å²) in [5, 5.41) is 9.52. The van der Waals surface area contributed by atoms with Gasteiger partial charge in [0.2, 0.25) is 0 Å². The second kappa shape index (κ2) is 11.1. The van der Waals surface area contributed by atoms with Gasteiger partial charge in [-0.1, -0.05) is 11.6 Å². The molecule has 1 aliphatic rings. The molecule has 4 aromatic rings. The molecule has 2 aromatic heterocycles. The van der Waals surface area contributed by atoms with Gasteiger partial charge in [0.1, 0.15) is 5.82 Å². The number of hydrogen-bond acceptors (Lipinski definition) is 6. The molecule has 2 amide bonds. The van der Waals surface area contributed by atoms with Gasteiger partial charge >= 0.3 is 0 Å². The molecule has 9 nitrogen and oxygen atoms in total. The number of benzene rings is 2. The Morgan fingerprint density at radius 3 is 2.58 bits per heavy atom. The van der Waals surface area contributed by atoms with Crippen molar-refractivity contribution in [3.63, 3.8) is 0 Å². The molecule has 1 unspecified atom stereocenters. The molecule has 0 radical (unpaired) electrons. The molecule has 2 N–H and O–H groups in total. The van der Waals surface area contributed by atoms with Gasteiger partial charge in [-0.2, -0.15) is 5.10 Å². The molecule has 1 aliphatic heterocycles. The molecular formula is C26H20ClF2N5O4. The van der Waals surface area contributed by atoms with Crippen molar-refractivity contribution >= 4 is 34.9 Å². The van der Waals surface area contributed by atoms with Crippen LogP contribution in [0.15, 0.2) is 67.0 Å². The van der Waals surface area contributed by atoms with E-state index in [4.69, 9.17) is 21.1 Å². The third-order valence-corrected chi connectivity index (χ3v) is 5.97. The normalized spacial score (nSPS) is 15.2. The number of carbonyl (C=O) groups is 2. The quantitative estimate of drug-likeness (QED) is 0.374. The van der Waals surface area contributed by atoms with Gasteiger partial charge < -0.3 is 20.1 Å². The van der Waals surface area contributed by atoms with Crippen LogP contribution in [0.5, 0.6) is 0 Å². The van der Waals surface area contributed by atoms with Crippen LogP contribution in [0.25, 0.3) is 16.9 Å². The molecule has 5 rings (SSSR count). The molecule has 38 heavy (non-hydrogen) atoms. The lowest BCUT2D eigenvalue weighted by Crippen LogP contribution is -2.39. The van der Waals surface area contributed by atoms with Crippen LogP contribution in [0.4, 0.5) is 20.3 Å². The highest BCUT2D eigenvalue weighted by atomic mass is 35.5. The zero-order chi connectivity index (χ0) is 26.6. The largest absolute Gasteiger partial charge is 0.376 e. The maximum absolute atomic E-state index is 14.9. The lowest BCUT2D eigenvalue weighted by Gasteiger charge is -2.22. The lowest BCUT2D eigenvalue weighted by molar-refractivity contribution is -0.142. The standard InChI is InChI=1S/C26H20ClF2N5O4/c27-20-6-3-17(31-26(36)23-14-37-9-10-38-23)12-19(20)25(35)32-24-21(29)11-15(13-30-24)22-7-8-34(33-22)18-4-1-16(28)2-5-18/h1-8,11-13,23H,9-10,14H2,(H,31,36)(H,30,32,35). The summed E-state index contributed by atoms with van der Waals surface area (Å²) in [5.74, 6) is -2.62. The Balaban J connectivity index is 1.29. The van der Waals surface area contributed by atoms with E-state index in [0.29, 0.717) is 35.8 Å². The smallest absolute Gasteiger partial charge is 0.258 e. The van der Waals surface area contributed by atoms with Crippen LogP contribution in [-0.2, 0) is 14.3 Å². The number of carbonyl (C=O) groups excluding carboxylic acids is 2. The number of hydrogen-bond donors (Lipinski definition) is 2. The van der Waals surface area contributed by atoms with Crippen LogP contribution < -0.4 is 10.6 Å². The first kappa shape index (κ1) is 25.5. The minimum absolute atomic E-state index is 0.00796. The van der Waals surface area contributed by atoms with E-state index in [1.165, 1.54) is 47.3 Å². The summed E-state index contributed by atoms with van der Waals surface area (Å²) < 4.78 is 40.2. The average Bonchev–Trinajstić information content (AvgIpc) is 3.42. The average molecular weight is 540 g/mol. The van der Waals surface area contributed by atoms with E-state index in [-0.39, 0.29) is 28.8 Å². The monoisotopic (exact) mass is 539 g/mol. The van der Waals surface area contributed by atoms with Crippen molar-refractivity contribution in [1.29, 1.82) is 0 Å². The van der Waals surface area contributed by atoms with Gasteiger partial charge in [0, 0.05) is 23.6 Å². The maximum Gasteiger partial charge on any atom is 0.258 e. The predicted octanol–water partition coefficient (Wildman–Crippen LogP) is 4.47. The highest BCUT2D eigenvalue weighted by molar-refractivity contribution is 6.34. The SMILES string of the molecule is O=C(Nc1ncc(-c2ccn(-c3ccc(F)cc3)n2)cc1F)c1cc(NC(=O)C2COCCO2)ccc1Cl. The predicted molar refractivity (Wildman–Crippen MR) is 135 cm³/mol. The summed E-state index contributed by atoms with van der Waals surface area (Å²) in [7, 11) is 0. The molecule has 1 fully saturated rings. The van der Waals surface area contributed by atoms with Gasteiger partial charge in [0.15, 0.2) is 17.7 Å². The van der Waals surface area contributed by atoms with Gasteiger partial charge in [0.05, 0.1) is 41.8 Å². The van der Waals surface area contributed by atoms with E-state index >= 15 is 0 Å². The first-order valence-corrected chi connectivity index (χ1v) is 11.8. The van der Waals surface area contributed by atoms with Gasteiger partial charge in [0.25, 0.3) is 11.8 Å². The number of nitrogens with one attached hydrogen (secondary N) is 2. The van der Waals surface area contributed by atoms with Crippen LogP contribution in [0.1, 0.15) is 10.4 Å². The molecule has 12 heteroatoms.